The Morgan fingerprint density at radius 3 is 2.59 bits per heavy atom. The highest BCUT2D eigenvalue weighted by Gasteiger charge is 2.30. The Morgan fingerprint density at radius 2 is 1.84 bits per heavy atom. The van der Waals surface area contributed by atoms with Crippen molar-refractivity contribution >= 4 is 34.3 Å². The van der Waals surface area contributed by atoms with Crippen molar-refractivity contribution in [2.24, 2.45) is 12.8 Å². The fourth-order valence-corrected chi connectivity index (χ4v) is 6.06. The predicted molar refractivity (Wildman–Crippen MR) is 158 cm³/mol. The lowest BCUT2D eigenvalue weighted by atomic mass is 10.1. The molecule has 2 aliphatic rings. The molecule has 2 aliphatic heterocycles. The van der Waals surface area contributed by atoms with Crippen LogP contribution >= 0.6 is 0 Å². The molecule has 44 heavy (non-hydrogen) atoms. The van der Waals surface area contributed by atoms with Crippen LogP contribution in [0.1, 0.15) is 34.1 Å². The van der Waals surface area contributed by atoms with Crippen LogP contribution in [0, 0.1) is 0 Å². The molecule has 0 unspecified atom stereocenters. The number of anilines is 1. The number of carbonyl (C=O) groups is 2. The molecule has 3 aromatic heterocycles. The maximum Gasteiger partial charge on any atom is 0.299 e. The van der Waals surface area contributed by atoms with Crippen LogP contribution in [0.25, 0.3) is 28.2 Å². The predicted octanol–water partition coefficient (Wildman–Crippen LogP) is 0.586. The van der Waals surface area contributed by atoms with Crippen molar-refractivity contribution in [3.8, 4) is 17.1 Å². The number of nitrogens with zero attached hydrogens (tertiary/aromatic N) is 9. The lowest BCUT2D eigenvalue weighted by Gasteiger charge is -2.36. The van der Waals surface area contributed by atoms with Crippen molar-refractivity contribution in [3.63, 3.8) is 0 Å². The molecule has 0 spiro atoms. The van der Waals surface area contributed by atoms with Gasteiger partial charge in [0.1, 0.15) is 23.5 Å². The van der Waals surface area contributed by atoms with E-state index in [0.29, 0.717) is 74.1 Å². The number of aromatic nitrogens is 7. The van der Waals surface area contributed by atoms with Gasteiger partial charge in [0, 0.05) is 44.9 Å². The van der Waals surface area contributed by atoms with Gasteiger partial charge in [-0.25, -0.2) is 4.68 Å². The smallest absolute Gasteiger partial charge is 0.299 e. The van der Waals surface area contributed by atoms with E-state index in [2.05, 4.69) is 20.4 Å². The number of rotatable bonds is 6. The SMILES string of the molecule is CCc1c(N2CCN(C(=O)c3cc4nnn(C)c4cc3O)CC2)c(=O)n2nc(-c3ccc4c(c3)COC4)nc2n1CC(N)=O. The zero-order valence-corrected chi connectivity index (χ0v) is 24.2. The Bertz CT molecular complexity index is 2040. The number of nitrogens with two attached hydrogens (primary N) is 1. The molecule has 0 atom stereocenters. The Morgan fingerprint density at radius 1 is 1.07 bits per heavy atom. The number of aryl methyl sites for hydroxylation is 1. The summed E-state index contributed by atoms with van der Waals surface area (Å²) in [6, 6.07) is 8.83. The number of carbonyl (C=O) groups excluding carboxylic acids is 2. The molecule has 1 fully saturated rings. The minimum Gasteiger partial charge on any atom is -0.507 e. The molecule has 0 bridgehead atoms. The standard InChI is InChI=1S/C29H30N10O5/c1-3-21-25(36-6-8-37(9-7-36)27(42)19-11-20-22(12-23(19)40)35(2)34-32-20)28(43)39-29(38(21)13-24(30)41)31-26(33-39)16-4-5-17-14-44-15-18(17)10-16/h4-5,10-12,40H,3,6-9,13-15H2,1-2H3,(H2,30,41). The number of ether oxygens (including phenoxy) is 1. The molecule has 0 aliphatic carbocycles. The fraction of sp³-hybridized carbons (Fsp3) is 0.345. The maximum absolute atomic E-state index is 14.0. The van der Waals surface area contributed by atoms with Gasteiger partial charge in [0.15, 0.2) is 5.82 Å². The minimum atomic E-state index is -0.578. The summed E-state index contributed by atoms with van der Waals surface area (Å²) in [4.78, 5) is 47.8. The summed E-state index contributed by atoms with van der Waals surface area (Å²) in [5, 5.41) is 23.2. The summed E-state index contributed by atoms with van der Waals surface area (Å²) in [7, 11) is 1.71. The Kier molecular flexibility index (Phi) is 6.53. The average Bonchev–Trinajstić information content (AvgIpc) is 3.76. The van der Waals surface area contributed by atoms with Crippen LogP contribution < -0.4 is 16.2 Å². The third kappa shape index (κ3) is 4.43. The number of benzene rings is 2. The van der Waals surface area contributed by atoms with Crippen LogP contribution in [0.2, 0.25) is 0 Å². The Labute approximate surface area is 250 Å². The van der Waals surface area contributed by atoms with E-state index in [1.54, 1.807) is 16.5 Å². The van der Waals surface area contributed by atoms with Crippen LogP contribution in [0.4, 0.5) is 5.69 Å². The molecule has 0 radical (unpaired) electrons. The summed E-state index contributed by atoms with van der Waals surface area (Å²) in [6.45, 7) is 4.05. The van der Waals surface area contributed by atoms with E-state index >= 15 is 0 Å². The highest BCUT2D eigenvalue weighted by molar-refractivity contribution is 6.00. The molecular formula is C29H30N10O5. The van der Waals surface area contributed by atoms with Crippen molar-refractivity contribution in [3.05, 3.63) is 63.1 Å². The first-order valence-electron chi connectivity index (χ1n) is 14.3. The van der Waals surface area contributed by atoms with Crippen LogP contribution in [0.3, 0.4) is 0 Å². The normalized spacial score (nSPS) is 15.0. The lowest BCUT2D eigenvalue weighted by molar-refractivity contribution is -0.118. The van der Waals surface area contributed by atoms with Gasteiger partial charge in [-0.05, 0) is 29.7 Å². The fourth-order valence-electron chi connectivity index (χ4n) is 6.06. The largest absolute Gasteiger partial charge is 0.507 e. The van der Waals surface area contributed by atoms with Gasteiger partial charge in [-0.2, -0.15) is 9.50 Å². The van der Waals surface area contributed by atoms with E-state index < -0.39 is 5.91 Å². The Balaban J connectivity index is 1.23. The number of piperazine rings is 1. The monoisotopic (exact) mass is 598 g/mol. The number of amides is 2. The number of phenols is 1. The van der Waals surface area contributed by atoms with Gasteiger partial charge in [0.05, 0.1) is 30.0 Å². The highest BCUT2D eigenvalue weighted by Crippen LogP contribution is 2.28. The Hall–Kier alpha value is -5.31. The number of hydrogen-bond acceptors (Lipinski definition) is 10. The summed E-state index contributed by atoms with van der Waals surface area (Å²) in [5.41, 5.74) is 10.4. The molecule has 7 rings (SSSR count). The van der Waals surface area contributed by atoms with E-state index in [4.69, 9.17) is 10.5 Å². The second-order valence-electron chi connectivity index (χ2n) is 11.0. The first-order chi connectivity index (χ1) is 21.2. The molecule has 2 aromatic carbocycles. The number of fused-ring (bicyclic) bond motifs is 3. The second kappa shape index (κ2) is 10.4. The first kappa shape index (κ1) is 27.5. The second-order valence-corrected chi connectivity index (χ2v) is 11.0. The van der Waals surface area contributed by atoms with Gasteiger partial charge in [-0.3, -0.25) is 14.4 Å². The topological polar surface area (TPSA) is 179 Å². The molecule has 5 heterocycles. The number of primary amides is 1. The summed E-state index contributed by atoms with van der Waals surface area (Å²) in [6.07, 6.45) is 0.428. The molecule has 2 amide bonds. The zero-order valence-electron chi connectivity index (χ0n) is 24.2. The molecule has 0 saturated carbocycles. The third-order valence-electron chi connectivity index (χ3n) is 8.30. The van der Waals surface area contributed by atoms with E-state index in [-0.39, 0.29) is 35.1 Å². The van der Waals surface area contributed by atoms with Gasteiger partial charge < -0.3 is 29.9 Å². The molecule has 226 valence electrons. The molecule has 3 N–H and O–H groups in total. The molecular weight excluding hydrogens is 568 g/mol. The van der Waals surface area contributed by atoms with Gasteiger partial charge in [0.25, 0.3) is 11.5 Å². The van der Waals surface area contributed by atoms with Gasteiger partial charge >= 0.3 is 0 Å². The van der Waals surface area contributed by atoms with Crippen molar-refractivity contribution in [2.75, 3.05) is 31.1 Å². The third-order valence-corrected chi connectivity index (χ3v) is 8.30. The van der Waals surface area contributed by atoms with Crippen LogP contribution in [-0.2, 0) is 42.8 Å². The van der Waals surface area contributed by atoms with E-state index in [0.717, 1.165) is 16.7 Å². The van der Waals surface area contributed by atoms with E-state index in [1.807, 2.05) is 30.0 Å². The molecule has 15 nitrogen and oxygen atoms in total. The average molecular weight is 599 g/mol. The molecule has 5 aromatic rings. The first-order valence-corrected chi connectivity index (χ1v) is 14.3. The van der Waals surface area contributed by atoms with Gasteiger partial charge in [-0.1, -0.05) is 24.3 Å². The quantitative estimate of drug-likeness (QED) is 0.281. The summed E-state index contributed by atoms with van der Waals surface area (Å²) >= 11 is 0. The van der Waals surface area contributed by atoms with Crippen LogP contribution in [0.5, 0.6) is 5.75 Å². The lowest BCUT2D eigenvalue weighted by Crippen LogP contribution is -2.51. The van der Waals surface area contributed by atoms with Crippen molar-refractivity contribution in [1.82, 2.24) is 39.1 Å². The van der Waals surface area contributed by atoms with Gasteiger partial charge in [0.2, 0.25) is 11.7 Å². The number of hydrogen-bond donors (Lipinski definition) is 2. The van der Waals surface area contributed by atoms with E-state index in [1.165, 1.54) is 21.3 Å². The van der Waals surface area contributed by atoms with Crippen molar-refractivity contribution < 1.29 is 19.4 Å². The van der Waals surface area contributed by atoms with Crippen LogP contribution in [-0.4, -0.2) is 82.2 Å². The zero-order chi connectivity index (χ0) is 30.7. The molecule has 1 saturated heterocycles. The maximum atomic E-state index is 14.0. The number of phenolic OH excluding ortho intramolecular Hbond substituents is 1. The highest BCUT2D eigenvalue weighted by atomic mass is 16.5. The van der Waals surface area contributed by atoms with Crippen molar-refractivity contribution in [1.29, 1.82) is 0 Å². The molecule has 15 heteroatoms. The van der Waals surface area contributed by atoms with Gasteiger partial charge in [-0.15, -0.1) is 10.2 Å². The van der Waals surface area contributed by atoms with Crippen LogP contribution in [0.15, 0.2) is 35.1 Å². The van der Waals surface area contributed by atoms with E-state index in [9.17, 15) is 19.5 Å². The summed E-state index contributed by atoms with van der Waals surface area (Å²) < 4.78 is 9.93. The summed E-state index contributed by atoms with van der Waals surface area (Å²) in [5.74, 6) is -0.492. The van der Waals surface area contributed by atoms with Crippen molar-refractivity contribution in [2.45, 2.75) is 33.1 Å². The minimum absolute atomic E-state index is 0.138. The number of aromatic hydroxyl groups is 1.